The summed E-state index contributed by atoms with van der Waals surface area (Å²) in [6, 6.07) is 15.4. The van der Waals surface area contributed by atoms with Crippen molar-refractivity contribution in [2.45, 2.75) is 32.0 Å². The van der Waals surface area contributed by atoms with Gasteiger partial charge >= 0.3 is 0 Å². The molecule has 0 unspecified atom stereocenters. The second-order valence-corrected chi connectivity index (χ2v) is 6.36. The van der Waals surface area contributed by atoms with Gasteiger partial charge in [0.15, 0.2) is 0 Å². The van der Waals surface area contributed by atoms with Gasteiger partial charge in [0.1, 0.15) is 12.4 Å². The van der Waals surface area contributed by atoms with Gasteiger partial charge in [0.25, 0.3) is 0 Å². The molecule has 0 saturated carbocycles. The highest BCUT2D eigenvalue weighted by Crippen LogP contribution is 2.16. The zero-order chi connectivity index (χ0) is 16.8. The van der Waals surface area contributed by atoms with E-state index in [1.54, 1.807) is 0 Å². The van der Waals surface area contributed by atoms with E-state index in [1.807, 2.05) is 48.5 Å². The van der Waals surface area contributed by atoms with Crippen LogP contribution in [0.1, 0.15) is 24.0 Å². The van der Waals surface area contributed by atoms with Crippen LogP contribution in [0.5, 0.6) is 5.75 Å². The minimum atomic E-state index is -0.0352. The Kier molecular flexibility index (Phi) is 5.72. The van der Waals surface area contributed by atoms with Crippen LogP contribution in [0.3, 0.4) is 0 Å². The van der Waals surface area contributed by atoms with Crippen LogP contribution >= 0.6 is 11.6 Å². The quantitative estimate of drug-likeness (QED) is 0.845. The maximum atomic E-state index is 12.0. The summed E-state index contributed by atoms with van der Waals surface area (Å²) in [5.41, 5.74) is 2.12. The molecule has 3 rings (SSSR count). The average molecular weight is 345 g/mol. The molecule has 0 aromatic heterocycles. The monoisotopic (exact) mass is 344 g/mol. The van der Waals surface area contributed by atoms with Crippen LogP contribution in [0, 0.1) is 0 Å². The lowest BCUT2D eigenvalue weighted by atomic mass is 10.2. The number of ether oxygens (including phenoxy) is 1. The van der Waals surface area contributed by atoms with Gasteiger partial charge in [-0.25, -0.2) is 0 Å². The van der Waals surface area contributed by atoms with E-state index >= 15 is 0 Å². The van der Waals surface area contributed by atoms with Gasteiger partial charge < -0.3 is 15.4 Å². The van der Waals surface area contributed by atoms with E-state index in [0.717, 1.165) is 41.3 Å². The van der Waals surface area contributed by atoms with Gasteiger partial charge in [0.2, 0.25) is 5.91 Å². The molecular weight excluding hydrogens is 324 g/mol. The third-order valence-corrected chi connectivity index (χ3v) is 4.34. The van der Waals surface area contributed by atoms with Crippen LogP contribution in [0.2, 0.25) is 5.02 Å². The van der Waals surface area contributed by atoms with E-state index in [4.69, 9.17) is 16.3 Å². The molecule has 0 aliphatic carbocycles. The van der Waals surface area contributed by atoms with Crippen LogP contribution in [0.4, 0.5) is 0 Å². The first kappa shape index (κ1) is 16.8. The van der Waals surface area contributed by atoms with Crippen molar-refractivity contribution in [3.63, 3.8) is 0 Å². The molecular formula is C19H21ClN2O2. The first-order valence-electron chi connectivity index (χ1n) is 8.18. The summed E-state index contributed by atoms with van der Waals surface area (Å²) >= 11 is 5.86. The van der Waals surface area contributed by atoms with E-state index in [9.17, 15) is 4.79 Å². The molecule has 2 aromatic rings. The summed E-state index contributed by atoms with van der Waals surface area (Å²) in [6.07, 6.45) is 1.99. The predicted molar refractivity (Wildman–Crippen MR) is 95.1 cm³/mol. The molecule has 1 aliphatic rings. The van der Waals surface area contributed by atoms with Crippen LogP contribution in [0.25, 0.3) is 0 Å². The Labute approximate surface area is 147 Å². The zero-order valence-electron chi connectivity index (χ0n) is 13.4. The number of carbonyl (C=O) groups excluding carboxylic acids is 1. The number of hydrogen-bond donors (Lipinski definition) is 2. The third-order valence-electron chi connectivity index (χ3n) is 4.09. The summed E-state index contributed by atoms with van der Waals surface area (Å²) in [7, 11) is 0. The molecule has 1 amide bonds. The number of halogens is 1. The first-order valence-corrected chi connectivity index (χ1v) is 8.56. The van der Waals surface area contributed by atoms with Crippen molar-refractivity contribution < 1.29 is 9.53 Å². The molecule has 4 nitrogen and oxygen atoms in total. The van der Waals surface area contributed by atoms with E-state index < -0.39 is 0 Å². The molecule has 5 heteroatoms. The lowest BCUT2D eigenvalue weighted by molar-refractivity contribution is -0.122. The standard InChI is InChI=1S/C19H21ClN2O2/c20-16-7-3-15(4-8-16)13-24-17-9-5-14(6-10-17)12-22-19(23)18-2-1-11-21-18/h3-10,18,21H,1-2,11-13H2,(H,22,23)/t18-/m0/s1. The zero-order valence-corrected chi connectivity index (χ0v) is 14.2. The highest BCUT2D eigenvalue weighted by Gasteiger charge is 2.21. The Hall–Kier alpha value is -2.04. The lowest BCUT2D eigenvalue weighted by Gasteiger charge is -2.11. The minimum Gasteiger partial charge on any atom is -0.489 e. The van der Waals surface area contributed by atoms with Crippen LogP contribution in [-0.4, -0.2) is 18.5 Å². The van der Waals surface area contributed by atoms with Gasteiger partial charge in [-0.05, 0) is 54.8 Å². The van der Waals surface area contributed by atoms with Crippen molar-refractivity contribution in [1.29, 1.82) is 0 Å². The van der Waals surface area contributed by atoms with Gasteiger partial charge in [-0.3, -0.25) is 4.79 Å². The Balaban J connectivity index is 1.46. The summed E-state index contributed by atoms with van der Waals surface area (Å²) in [5, 5.41) is 6.89. The molecule has 24 heavy (non-hydrogen) atoms. The van der Waals surface area contributed by atoms with Crippen molar-refractivity contribution in [2.75, 3.05) is 6.54 Å². The Morgan fingerprint density at radius 1 is 1.12 bits per heavy atom. The summed E-state index contributed by atoms with van der Waals surface area (Å²) < 4.78 is 5.75. The van der Waals surface area contributed by atoms with Gasteiger partial charge in [-0.1, -0.05) is 35.9 Å². The van der Waals surface area contributed by atoms with Gasteiger partial charge in [0.05, 0.1) is 6.04 Å². The fraction of sp³-hybridized carbons (Fsp3) is 0.316. The fourth-order valence-corrected chi connectivity index (χ4v) is 2.80. The molecule has 1 fully saturated rings. The molecule has 2 aromatic carbocycles. The van der Waals surface area contributed by atoms with Crippen molar-refractivity contribution in [3.8, 4) is 5.75 Å². The van der Waals surface area contributed by atoms with Crippen LogP contribution in [0.15, 0.2) is 48.5 Å². The SMILES string of the molecule is O=C(NCc1ccc(OCc2ccc(Cl)cc2)cc1)[C@@H]1CCCN1. The summed E-state index contributed by atoms with van der Waals surface area (Å²) in [5.74, 6) is 0.882. The average Bonchev–Trinajstić information content (AvgIpc) is 3.15. The van der Waals surface area contributed by atoms with E-state index in [-0.39, 0.29) is 11.9 Å². The van der Waals surface area contributed by atoms with Crippen LogP contribution < -0.4 is 15.4 Å². The largest absolute Gasteiger partial charge is 0.489 e. The molecule has 0 bridgehead atoms. The fourth-order valence-electron chi connectivity index (χ4n) is 2.67. The third kappa shape index (κ3) is 4.73. The second kappa shape index (κ2) is 8.18. The first-order chi connectivity index (χ1) is 11.7. The summed E-state index contributed by atoms with van der Waals surface area (Å²) in [6.45, 7) is 1.97. The van der Waals surface area contributed by atoms with Crippen molar-refractivity contribution in [3.05, 3.63) is 64.7 Å². The highest BCUT2D eigenvalue weighted by atomic mass is 35.5. The topological polar surface area (TPSA) is 50.4 Å². The van der Waals surface area contributed by atoms with Crippen molar-refractivity contribution in [2.24, 2.45) is 0 Å². The normalized spacial score (nSPS) is 16.8. The Bertz CT molecular complexity index is 665. The highest BCUT2D eigenvalue weighted by molar-refractivity contribution is 6.30. The van der Waals surface area contributed by atoms with E-state index in [1.165, 1.54) is 0 Å². The molecule has 2 N–H and O–H groups in total. The maximum absolute atomic E-state index is 12.0. The van der Waals surface area contributed by atoms with Gasteiger partial charge in [-0.2, -0.15) is 0 Å². The molecule has 1 aliphatic heterocycles. The number of amides is 1. The smallest absolute Gasteiger partial charge is 0.237 e. The molecule has 126 valence electrons. The van der Waals surface area contributed by atoms with Gasteiger partial charge in [0, 0.05) is 11.6 Å². The molecule has 0 spiro atoms. The number of nitrogens with one attached hydrogen (secondary N) is 2. The summed E-state index contributed by atoms with van der Waals surface area (Å²) in [4.78, 5) is 12.0. The van der Waals surface area contributed by atoms with Crippen molar-refractivity contribution in [1.82, 2.24) is 10.6 Å². The molecule has 0 radical (unpaired) electrons. The number of hydrogen-bond acceptors (Lipinski definition) is 3. The van der Waals surface area contributed by atoms with Crippen LogP contribution in [-0.2, 0) is 17.9 Å². The number of carbonyl (C=O) groups is 1. The molecule has 1 saturated heterocycles. The Morgan fingerprint density at radius 2 is 1.83 bits per heavy atom. The van der Waals surface area contributed by atoms with Gasteiger partial charge in [-0.15, -0.1) is 0 Å². The number of benzene rings is 2. The minimum absolute atomic E-state index is 0.0352. The van der Waals surface area contributed by atoms with E-state index in [0.29, 0.717) is 13.2 Å². The number of rotatable bonds is 6. The molecule has 1 atom stereocenters. The maximum Gasteiger partial charge on any atom is 0.237 e. The van der Waals surface area contributed by atoms with E-state index in [2.05, 4.69) is 10.6 Å². The molecule has 1 heterocycles. The second-order valence-electron chi connectivity index (χ2n) is 5.93. The lowest BCUT2D eigenvalue weighted by Crippen LogP contribution is -2.39. The van der Waals surface area contributed by atoms with Crippen molar-refractivity contribution >= 4 is 17.5 Å². The Morgan fingerprint density at radius 3 is 2.50 bits per heavy atom. The predicted octanol–water partition coefficient (Wildman–Crippen LogP) is 3.29.